The summed E-state index contributed by atoms with van der Waals surface area (Å²) in [5.41, 5.74) is -4.42. The van der Waals surface area contributed by atoms with Crippen LogP contribution in [0.2, 0.25) is 10.0 Å². The van der Waals surface area contributed by atoms with Gasteiger partial charge in [-0.25, -0.2) is 17.6 Å². The third-order valence-corrected chi connectivity index (χ3v) is 16.2. The normalized spacial score (nSPS) is 12.1. The van der Waals surface area contributed by atoms with Crippen LogP contribution in [0.4, 0.5) is 75.4 Å². The largest absolute Gasteiger partial charge is 0.364 e. The quantitative estimate of drug-likeness (QED) is 0.0340. The molecule has 0 saturated carbocycles. The maximum atomic E-state index is 15.0. The molecule has 0 spiro atoms. The third-order valence-electron chi connectivity index (χ3n) is 15.7. The maximum absolute atomic E-state index is 15.0. The third kappa shape index (κ3) is 23.5. The van der Waals surface area contributed by atoms with E-state index in [1.165, 1.54) is 113 Å². The second-order valence-electron chi connectivity index (χ2n) is 28.4. The van der Waals surface area contributed by atoms with Gasteiger partial charge < -0.3 is 60.8 Å². The second-order valence-corrected chi connectivity index (χ2v) is 29.2. The lowest BCUT2D eigenvalue weighted by Gasteiger charge is -2.26. The maximum Gasteiger partial charge on any atom is 0.364 e. The van der Waals surface area contributed by atoms with Gasteiger partial charge in [-0.2, -0.15) is 35.1 Å². The molecule has 0 bridgehead atoms. The molecule has 8 aromatic rings. The zero-order valence-electron chi connectivity index (χ0n) is 63.1. The molecule has 8 amide bonds. The molecule has 0 radical (unpaired) electrons. The lowest BCUT2D eigenvalue weighted by Crippen LogP contribution is -2.48. The van der Waals surface area contributed by atoms with Crippen LogP contribution in [-0.2, 0) is 70.1 Å². The molecule has 4 aromatic carbocycles. The number of nitrogens with one attached hydrogen (secondary N) is 8. The van der Waals surface area contributed by atoms with E-state index in [1.807, 2.05) is 0 Å². The number of carbonyl (C=O) groups is 8. The van der Waals surface area contributed by atoms with Crippen molar-refractivity contribution in [1.29, 1.82) is 0 Å². The van der Waals surface area contributed by atoms with E-state index in [1.54, 1.807) is 96.9 Å². The summed E-state index contributed by atoms with van der Waals surface area (Å²) in [5.74, 6) is -26.6. The van der Waals surface area contributed by atoms with Crippen molar-refractivity contribution >= 4 is 93.2 Å². The minimum atomic E-state index is -3.95. The van der Waals surface area contributed by atoms with Gasteiger partial charge in [0, 0.05) is 97.4 Å². The molecular formula is C76H86Cl2F12N12O8. The lowest BCUT2D eigenvalue weighted by molar-refractivity contribution is -0.150. The molecule has 1 unspecified atom stereocenters. The van der Waals surface area contributed by atoms with Gasteiger partial charge in [0.1, 0.15) is 34.7 Å². The first kappa shape index (κ1) is 90.1. The van der Waals surface area contributed by atoms with Crippen molar-refractivity contribution in [2.24, 2.45) is 14.1 Å². The van der Waals surface area contributed by atoms with E-state index < -0.39 is 140 Å². The molecule has 596 valence electrons. The first-order valence-electron chi connectivity index (χ1n) is 33.8. The first-order valence-corrected chi connectivity index (χ1v) is 34.6. The molecule has 110 heavy (non-hydrogen) atoms. The Labute approximate surface area is 637 Å². The Balaban J connectivity index is 0.000000263. The van der Waals surface area contributed by atoms with Gasteiger partial charge in [-0.1, -0.05) is 30.1 Å². The van der Waals surface area contributed by atoms with Crippen molar-refractivity contribution in [3.05, 3.63) is 211 Å². The Hall–Kier alpha value is -10.5. The van der Waals surface area contributed by atoms with Crippen molar-refractivity contribution in [3.8, 4) is 0 Å². The summed E-state index contributed by atoms with van der Waals surface area (Å²) in [6.45, 7) is 24.3. The first-order chi connectivity index (χ1) is 50.6. The van der Waals surface area contributed by atoms with Gasteiger partial charge in [0.15, 0.2) is 0 Å². The number of amides is 8. The average Bonchev–Trinajstić information content (AvgIpc) is 1.60. The van der Waals surface area contributed by atoms with Gasteiger partial charge in [0.2, 0.25) is 0 Å². The highest BCUT2D eigenvalue weighted by Gasteiger charge is 2.50. The van der Waals surface area contributed by atoms with Crippen LogP contribution < -0.4 is 42.5 Å². The van der Waals surface area contributed by atoms with Crippen molar-refractivity contribution in [1.82, 2.24) is 39.5 Å². The molecule has 8 rings (SSSR count). The molecule has 0 aliphatic rings. The van der Waals surface area contributed by atoms with E-state index in [0.29, 0.717) is 23.2 Å². The van der Waals surface area contributed by atoms with E-state index >= 15 is 0 Å². The van der Waals surface area contributed by atoms with Crippen LogP contribution in [0.1, 0.15) is 172 Å². The fourth-order valence-corrected chi connectivity index (χ4v) is 10.4. The number of alkyl halides is 8. The number of halogens is 14. The van der Waals surface area contributed by atoms with Gasteiger partial charge in [-0.15, -0.1) is 0 Å². The number of aromatic nitrogens is 4. The summed E-state index contributed by atoms with van der Waals surface area (Å²) in [5, 5.41) is 18.4. The predicted octanol–water partition coefficient (Wildman–Crippen LogP) is 16.6. The molecule has 8 N–H and O–H groups in total. The van der Waals surface area contributed by atoms with E-state index in [2.05, 4.69) is 42.5 Å². The minimum absolute atomic E-state index is 0.0259. The van der Waals surface area contributed by atoms with Gasteiger partial charge in [0.05, 0.1) is 43.7 Å². The smallest absolute Gasteiger partial charge is 0.348 e. The zero-order chi connectivity index (χ0) is 83.5. The Kier molecular flexibility index (Phi) is 29.4. The van der Waals surface area contributed by atoms with Gasteiger partial charge in [0.25, 0.3) is 47.3 Å². The summed E-state index contributed by atoms with van der Waals surface area (Å²) in [6.07, 6.45) is 5.53. The highest BCUT2D eigenvalue weighted by Crippen LogP contribution is 2.37. The number of rotatable bonds is 20. The van der Waals surface area contributed by atoms with E-state index in [4.69, 9.17) is 23.2 Å². The Bertz CT molecular complexity index is 4720. The Morgan fingerprint density at radius 1 is 0.409 bits per heavy atom. The van der Waals surface area contributed by atoms with Crippen molar-refractivity contribution < 1.29 is 91.0 Å². The highest BCUT2D eigenvalue weighted by molar-refractivity contribution is 6.31. The van der Waals surface area contributed by atoms with Crippen LogP contribution in [0.3, 0.4) is 0 Å². The van der Waals surface area contributed by atoms with Crippen LogP contribution >= 0.6 is 23.2 Å². The number of carbonyl (C=O) groups excluding carboxylic acids is 8. The summed E-state index contributed by atoms with van der Waals surface area (Å²) in [4.78, 5) is 98.1. The highest BCUT2D eigenvalue weighted by atomic mass is 35.5. The topological polar surface area (TPSA) is 253 Å². The van der Waals surface area contributed by atoms with E-state index in [-0.39, 0.29) is 62.5 Å². The number of hydrogen-bond donors (Lipinski definition) is 8. The predicted molar refractivity (Wildman–Crippen MR) is 395 cm³/mol. The van der Waals surface area contributed by atoms with E-state index in [0.717, 1.165) is 48.6 Å². The zero-order valence-corrected chi connectivity index (χ0v) is 64.6. The van der Waals surface area contributed by atoms with Crippen molar-refractivity contribution in [2.75, 3.05) is 21.3 Å². The van der Waals surface area contributed by atoms with Crippen LogP contribution in [0.5, 0.6) is 0 Å². The molecule has 0 fully saturated rings. The van der Waals surface area contributed by atoms with Crippen LogP contribution in [0.25, 0.3) is 0 Å². The Morgan fingerprint density at radius 3 is 1.15 bits per heavy atom. The molecule has 0 aliphatic heterocycles. The summed E-state index contributed by atoms with van der Waals surface area (Å²) in [6, 6.07) is 18.9. The van der Waals surface area contributed by atoms with Gasteiger partial charge in [-0.3, -0.25) is 38.4 Å². The molecule has 4 heterocycles. The molecule has 1 atom stereocenters. The number of hydrogen-bond acceptors (Lipinski definition) is 8. The number of anilines is 4. The van der Waals surface area contributed by atoms with Crippen molar-refractivity contribution in [2.45, 2.75) is 170 Å². The fourth-order valence-electron chi connectivity index (χ4n) is 10.1. The number of nitrogens with zero attached hydrogens (tertiary/aromatic N) is 4. The standard InChI is InChI=1S/2C20H24F3N3O2.2C18H19ClF3N3O2/c1-6-26-11-13(17(27)24-14-7-8-15(21)12(2)9-14)10-16(26)20(22,23)18(28)25-19(3,4)5;1-6-26-10-9-14(16(26)20(22,23)18(28)25-19(3,4)5)17(27)24-13-7-8-15(21)12(2)11-13;1-17(2,3)24-16(27)18(21,22)14-11(7-8-25(14)4)15(26)23-10-5-6-13(20)12(19)9-10;1-4-10(2)23-17(27)18(21,22)15-7-11(9-25(15)3)16(26)24-12-5-6-14(20)13(19)8-12/h2*7-11H,6H2,1-5H3,(H,24,27)(H,25,28);5-9H,1-4H3,(H,23,26)(H,24,27);5-10H,4H2,1-3H3,(H,23,27)(H,24,26). The number of aryl methyl sites for hydroxylation is 6. The molecule has 20 nitrogen and oxygen atoms in total. The van der Waals surface area contributed by atoms with Gasteiger partial charge >= 0.3 is 23.7 Å². The van der Waals surface area contributed by atoms with Crippen LogP contribution in [0, 0.1) is 37.1 Å². The molecule has 0 saturated heterocycles. The molecular weight excluding hydrogens is 1510 g/mol. The summed E-state index contributed by atoms with van der Waals surface area (Å²) in [7, 11) is 2.62. The molecule has 4 aromatic heterocycles. The average molecular weight is 1590 g/mol. The summed E-state index contributed by atoms with van der Waals surface area (Å²) < 4.78 is 175. The molecule has 0 aliphatic carbocycles. The monoisotopic (exact) mass is 1590 g/mol. The molecule has 34 heteroatoms. The van der Waals surface area contributed by atoms with Crippen LogP contribution in [0.15, 0.2) is 122 Å². The van der Waals surface area contributed by atoms with E-state index in [9.17, 15) is 91.0 Å². The number of benzene rings is 4. The Morgan fingerprint density at radius 2 is 0.755 bits per heavy atom. The second kappa shape index (κ2) is 35.9. The minimum Gasteiger partial charge on any atom is -0.348 e. The van der Waals surface area contributed by atoms with Crippen molar-refractivity contribution in [3.63, 3.8) is 0 Å². The van der Waals surface area contributed by atoms with Crippen LogP contribution in [-0.4, -0.2) is 88.2 Å². The fraction of sp³-hybridized carbons (Fsp3) is 0.368. The van der Waals surface area contributed by atoms with Gasteiger partial charge in [-0.05, 0) is 212 Å². The SMILES string of the molecule is CCC(C)NC(=O)C(F)(F)c1cc(C(=O)Nc2ccc(F)c(Cl)c2)cn1C.CCn1cc(C(=O)Nc2ccc(F)c(C)c2)cc1C(F)(F)C(=O)NC(C)(C)C.CCn1ccc(C(=O)Nc2ccc(F)c(C)c2)c1C(F)(F)C(=O)NC(C)(C)C.Cn1ccc(C(=O)Nc2ccc(F)c(Cl)c2)c1C(F)(F)C(=O)NC(C)(C)C. The lowest BCUT2D eigenvalue weighted by atomic mass is 10.1. The summed E-state index contributed by atoms with van der Waals surface area (Å²) >= 11 is 11.3.